The van der Waals surface area contributed by atoms with Crippen LogP contribution in [0.3, 0.4) is 0 Å². The molecule has 0 unspecified atom stereocenters. The van der Waals surface area contributed by atoms with Gasteiger partial charge in [-0.2, -0.15) is 0 Å². The molecule has 7 heteroatoms. The molecule has 1 heterocycles. The van der Waals surface area contributed by atoms with Crippen molar-refractivity contribution in [1.82, 2.24) is 0 Å². The zero-order valence-corrected chi connectivity index (χ0v) is 15.5. The number of carbonyl (C=O) groups excluding carboxylic acids is 3. The summed E-state index contributed by atoms with van der Waals surface area (Å²) in [5, 5.41) is 3.63. The number of hydrogen-bond acceptors (Lipinski definition) is 3. The molecule has 134 valence electrons. The van der Waals surface area contributed by atoms with E-state index in [1.54, 1.807) is 42.5 Å². The molecule has 0 aliphatic carbocycles. The van der Waals surface area contributed by atoms with Crippen LogP contribution in [0.2, 0.25) is 10.0 Å². The number of nitrogens with zero attached hydrogens (tertiary/aromatic N) is 1. The molecule has 0 aromatic heterocycles. The van der Waals surface area contributed by atoms with Crippen LogP contribution in [-0.2, 0) is 9.59 Å². The molecule has 1 saturated heterocycles. The van der Waals surface area contributed by atoms with E-state index in [0.717, 1.165) is 0 Å². The fourth-order valence-electron chi connectivity index (χ4n) is 2.87. The number of halogens is 2. The molecule has 26 heavy (non-hydrogen) atoms. The molecule has 0 radical (unpaired) electrons. The summed E-state index contributed by atoms with van der Waals surface area (Å²) >= 11 is 12.1. The highest BCUT2D eigenvalue weighted by Gasteiger charge is 2.36. The molecule has 1 fully saturated rings. The second kappa shape index (κ2) is 7.48. The fraction of sp³-hybridized carbons (Fsp3) is 0.211. The van der Waals surface area contributed by atoms with Gasteiger partial charge in [0, 0.05) is 29.2 Å². The molecule has 3 rings (SSSR count). The molecule has 2 amide bonds. The molecule has 1 aliphatic rings. The first-order chi connectivity index (χ1) is 12.3. The van der Waals surface area contributed by atoms with E-state index in [2.05, 4.69) is 5.32 Å². The van der Waals surface area contributed by atoms with Gasteiger partial charge in [-0.25, -0.2) is 0 Å². The van der Waals surface area contributed by atoms with Crippen molar-refractivity contribution in [3.63, 3.8) is 0 Å². The second-order valence-corrected chi connectivity index (χ2v) is 6.97. The molecule has 0 saturated carbocycles. The Morgan fingerprint density at radius 2 is 1.92 bits per heavy atom. The largest absolute Gasteiger partial charge is 0.326 e. The molecular formula is C19H16Cl2N2O3. The van der Waals surface area contributed by atoms with Crippen LogP contribution in [-0.4, -0.2) is 24.1 Å². The van der Waals surface area contributed by atoms with Crippen molar-refractivity contribution in [3.05, 3.63) is 58.1 Å². The molecule has 1 N–H and O–H groups in total. The van der Waals surface area contributed by atoms with E-state index in [1.807, 2.05) is 0 Å². The minimum Gasteiger partial charge on any atom is -0.326 e. The van der Waals surface area contributed by atoms with Crippen molar-refractivity contribution in [3.8, 4) is 0 Å². The third-order valence-electron chi connectivity index (χ3n) is 4.23. The zero-order valence-electron chi connectivity index (χ0n) is 14.0. The van der Waals surface area contributed by atoms with Gasteiger partial charge in [0.15, 0.2) is 5.78 Å². The average molecular weight is 391 g/mol. The Balaban J connectivity index is 1.74. The van der Waals surface area contributed by atoms with Crippen molar-refractivity contribution >= 4 is 52.2 Å². The van der Waals surface area contributed by atoms with E-state index in [9.17, 15) is 14.4 Å². The van der Waals surface area contributed by atoms with E-state index in [0.29, 0.717) is 27.0 Å². The lowest BCUT2D eigenvalue weighted by Gasteiger charge is -2.18. The molecule has 5 nitrogen and oxygen atoms in total. The summed E-state index contributed by atoms with van der Waals surface area (Å²) in [5.74, 6) is -1.07. The van der Waals surface area contributed by atoms with Crippen molar-refractivity contribution in [2.75, 3.05) is 16.8 Å². The Labute approximate surface area is 160 Å². The van der Waals surface area contributed by atoms with Crippen LogP contribution >= 0.6 is 23.2 Å². The topological polar surface area (TPSA) is 66.5 Å². The number of anilines is 2. The summed E-state index contributed by atoms with van der Waals surface area (Å²) in [5.41, 5.74) is 1.53. The van der Waals surface area contributed by atoms with Gasteiger partial charge in [0.1, 0.15) is 0 Å². The van der Waals surface area contributed by atoms with Crippen molar-refractivity contribution in [2.24, 2.45) is 5.92 Å². The summed E-state index contributed by atoms with van der Waals surface area (Å²) in [6.45, 7) is 1.68. The molecule has 2 aromatic carbocycles. The van der Waals surface area contributed by atoms with Gasteiger partial charge in [0.05, 0.1) is 16.6 Å². The average Bonchev–Trinajstić information content (AvgIpc) is 2.99. The molecular weight excluding hydrogens is 375 g/mol. The molecule has 0 bridgehead atoms. The summed E-state index contributed by atoms with van der Waals surface area (Å²) in [4.78, 5) is 37.8. The van der Waals surface area contributed by atoms with E-state index in [4.69, 9.17) is 23.2 Å². The lowest BCUT2D eigenvalue weighted by molar-refractivity contribution is -0.122. The Morgan fingerprint density at radius 3 is 2.65 bits per heavy atom. The monoisotopic (exact) mass is 390 g/mol. The normalized spacial score (nSPS) is 16.7. The first-order valence-electron chi connectivity index (χ1n) is 8.02. The van der Waals surface area contributed by atoms with Crippen LogP contribution < -0.4 is 10.2 Å². The van der Waals surface area contributed by atoms with Gasteiger partial charge in [-0.3, -0.25) is 14.4 Å². The predicted octanol–water partition coefficient (Wildman–Crippen LogP) is 4.19. The number of ketones is 1. The van der Waals surface area contributed by atoms with Gasteiger partial charge in [0.2, 0.25) is 11.8 Å². The maximum Gasteiger partial charge on any atom is 0.229 e. The Hall–Kier alpha value is -2.37. The molecule has 2 aromatic rings. The smallest absolute Gasteiger partial charge is 0.229 e. The summed E-state index contributed by atoms with van der Waals surface area (Å²) < 4.78 is 0. The molecule has 1 atom stereocenters. The standard InChI is InChI=1S/C19H16Cl2N2O3/c1-11(24)12-3-2-4-15(7-12)22-19(26)13-8-18(25)23(10-13)17-9-14(20)5-6-16(17)21/h2-7,9,13H,8,10H2,1H3,(H,22,26)/t13-/m0/s1. The van der Waals surface area contributed by atoms with Crippen molar-refractivity contribution < 1.29 is 14.4 Å². The SMILES string of the molecule is CC(=O)c1cccc(NC(=O)[C@H]2CC(=O)N(c3cc(Cl)ccc3Cl)C2)c1. The number of carbonyl (C=O) groups is 3. The number of nitrogens with one attached hydrogen (secondary N) is 1. The van der Waals surface area contributed by atoms with E-state index in [-0.39, 0.29) is 30.6 Å². The van der Waals surface area contributed by atoms with Gasteiger partial charge in [0.25, 0.3) is 0 Å². The van der Waals surface area contributed by atoms with Crippen LogP contribution in [0, 0.1) is 5.92 Å². The van der Waals surface area contributed by atoms with E-state index in [1.165, 1.54) is 11.8 Å². The summed E-state index contributed by atoms with van der Waals surface area (Å²) in [6.07, 6.45) is 0.0844. The van der Waals surface area contributed by atoms with Crippen LogP contribution in [0.1, 0.15) is 23.7 Å². The maximum atomic E-state index is 12.5. The minimum absolute atomic E-state index is 0.0843. The van der Waals surface area contributed by atoms with Crippen LogP contribution in [0.25, 0.3) is 0 Å². The summed E-state index contributed by atoms with van der Waals surface area (Å²) in [7, 11) is 0. The zero-order chi connectivity index (χ0) is 18.8. The quantitative estimate of drug-likeness (QED) is 0.795. The molecule has 0 spiro atoms. The van der Waals surface area contributed by atoms with Gasteiger partial charge in [-0.05, 0) is 37.3 Å². The Morgan fingerprint density at radius 1 is 1.15 bits per heavy atom. The highest BCUT2D eigenvalue weighted by Crippen LogP contribution is 2.33. The van der Waals surface area contributed by atoms with E-state index < -0.39 is 5.92 Å². The van der Waals surface area contributed by atoms with Gasteiger partial charge in [-0.1, -0.05) is 35.3 Å². The van der Waals surface area contributed by atoms with Crippen LogP contribution in [0.4, 0.5) is 11.4 Å². The predicted molar refractivity (Wildman–Crippen MR) is 102 cm³/mol. The number of amides is 2. The van der Waals surface area contributed by atoms with Crippen molar-refractivity contribution in [2.45, 2.75) is 13.3 Å². The first kappa shape index (κ1) is 18.4. The highest BCUT2D eigenvalue weighted by molar-refractivity contribution is 6.36. The molecule has 1 aliphatic heterocycles. The van der Waals surface area contributed by atoms with Gasteiger partial charge >= 0.3 is 0 Å². The number of Topliss-reactive ketones (excluding diaryl/α,β-unsaturated/α-hetero) is 1. The highest BCUT2D eigenvalue weighted by atomic mass is 35.5. The second-order valence-electron chi connectivity index (χ2n) is 6.13. The number of hydrogen-bond donors (Lipinski definition) is 1. The lowest BCUT2D eigenvalue weighted by Crippen LogP contribution is -2.28. The van der Waals surface area contributed by atoms with Crippen molar-refractivity contribution in [1.29, 1.82) is 0 Å². The van der Waals surface area contributed by atoms with Crippen LogP contribution in [0.15, 0.2) is 42.5 Å². The Kier molecular flexibility index (Phi) is 5.30. The lowest BCUT2D eigenvalue weighted by atomic mass is 10.1. The van der Waals surface area contributed by atoms with E-state index >= 15 is 0 Å². The summed E-state index contributed by atoms with van der Waals surface area (Å²) in [6, 6.07) is 11.6. The Bertz CT molecular complexity index is 898. The third kappa shape index (κ3) is 3.89. The fourth-order valence-corrected chi connectivity index (χ4v) is 3.25. The number of benzene rings is 2. The number of rotatable bonds is 4. The first-order valence-corrected chi connectivity index (χ1v) is 8.78. The van der Waals surface area contributed by atoms with Gasteiger partial charge < -0.3 is 10.2 Å². The third-order valence-corrected chi connectivity index (χ3v) is 4.79. The minimum atomic E-state index is -0.515. The maximum absolute atomic E-state index is 12.5. The van der Waals surface area contributed by atoms with Gasteiger partial charge in [-0.15, -0.1) is 0 Å². The van der Waals surface area contributed by atoms with Crippen LogP contribution in [0.5, 0.6) is 0 Å².